The molecule has 5 atom stereocenters. The molecule has 3 aliphatic rings. The largest absolute Gasteiger partial charge is 0.347 e. The van der Waals surface area contributed by atoms with E-state index < -0.39 is 64.9 Å². The highest BCUT2D eigenvalue weighted by molar-refractivity contribution is 6.38. The average molecular weight is 696 g/mol. The van der Waals surface area contributed by atoms with Crippen LogP contribution in [0.2, 0.25) is 0 Å². The predicted octanol–water partition coefficient (Wildman–Crippen LogP) is 3.23. The Morgan fingerprint density at radius 3 is 2.22 bits per heavy atom. The third kappa shape index (κ3) is 10.3. The maximum Gasteiger partial charge on any atom is 0.289 e. The van der Waals surface area contributed by atoms with Gasteiger partial charge in [0.2, 0.25) is 23.5 Å². The molecule has 5 amide bonds. The molecule has 2 aliphatic carbocycles. The highest BCUT2D eigenvalue weighted by atomic mass is 16.2. The first kappa shape index (κ1) is 38.9. The van der Waals surface area contributed by atoms with E-state index in [1.807, 2.05) is 27.7 Å². The standard InChI is InChI=1S/C37H57N7O6/c1-6-8-13-24-18-21-44(29(24)34(48)41-26(12-7-2)30(45)35(49)40-25-16-17-25)36(50)31(37(3,4)5)43-33(47)28(23-14-10-9-11-15-23)42-32(46)27-22-38-19-20-39-27/h19-20,22-26,28-29,31H,6-18,21H2,1-5H3,(H,40,49)(H,41,48)(H,42,46)(H,43,47). The molecule has 0 aromatic carbocycles. The summed E-state index contributed by atoms with van der Waals surface area (Å²) in [6, 6.07) is -3.75. The van der Waals surface area contributed by atoms with Gasteiger partial charge in [-0.3, -0.25) is 33.8 Å². The first-order chi connectivity index (χ1) is 23.8. The number of hydrogen-bond donors (Lipinski definition) is 4. The van der Waals surface area contributed by atoms with E-state index in [9.17, 15) is 28.8 Å². The van der Waals surface area contributed by atoms with Gasteiger partial charge in [0.1, 0.15) is 23.8 Å². The molecule has 3 fully saturated rings. The van der Waals surface area contributed by atoms with Crippen molar-refractivity contribution in [2.45, 2.75) is 148 Å². The number of rotatable bonds is 16. The Morgan fingerprint density at radius 2 is 1.62 bits per heavy atom. The number of Topliss-reactive ketones (excluding diaryl/α,β-unsaturated/α-hetero) is 1. The molecule has 2 saturated carbocycles. The van der Waals surface area contributed by atoms with E-state index in [2.05, 4.69) is 38.2 Å². The van der Waals surface area contributed by atoms with Crippen LogP contribution in [0.1, 0.15) is 129 Å². The van der Waals surface area contributed by atoms with Crippen LogP contribution in [0.5, 0.6) is 0 Å². The van der Waals surface area contributed by atoms with Gasteiger partial charge in [-0.05, 0) is 62.2 Å². The zero-order valence-electron chi connectivity index (χ0n) is 30.5. The average Bonchev–Trinajstić information content (AvgIpc) is 3.82. The lowest BCUT2D eigenvalue weighted by molar-refractivity contribution is -0.146. The van der Waals surface area contributed by atoms with Crippen LogP contribution in [0.25, 0.3) is 0 Å². The van der Waals surface area contributed by atoms with Gasteiger partial charge in [-0.1, -0.05) is 73.1 Å². The summed E-state index contributed by atoms with van der Waals surface area (Å²) in [5.74, 6) is -3.45. The fourth-order valence-electron chi connectivity index (χ4n) is 7.23. The summed E-state index contributed by atoms with van der Waals surface area (Å²) >= 11 is 0. The maximum atomic E-state index is 14.6. The van der Waals surface area contributed by atoms with Crippen LogP contribution in [0.4, 0.5) is 0 Å². The van der Waals surface area contributed by atoms with Crippen LogP contribution in [0.15, 0.2) is 18.6 Å². The van der Waals surface area contributed by atoms with Crippen LogP contribution in [0, 0.1) is 17.3 Å². The molecule has 0 bridgehead atoms. The summed E-state index contributed by atoms with van der Waals surface area (Å²) in [6.45, 7) is 9.84. The monoisotopic (exact) mass is 695 g/mol. The van der Waals surface area contributed by atoms with Gasteiger partial charge in [-0.15, -0.1) is 0 Å². The van der Waals surface area contributed by atoms with Crippen LogP contribution < -0.4 is 21.3 Å². The number of nitrogens with zero attached hydrogens (tertiary/aromatic N) is 3. The molecule has 4 N–H and O–H groups in total. The summed E-state index contributed by atoms with van der Waals surface area (Å²) < 4.78 is 0. The van der Waals surface area contributed by atoms with E-state index in [1.165, 1.54) is 18.6 Å². The smallest absolute Gasteiger partial charge is 0.289 e. The van der Waals surface area contributed by atoms with Crippen LogP contribution in [-0.4, -0.2) is 86.9 Å². The Morgan fingerprint density at radius 1 is 0.900 bits per heavy atom. The van der Waals surface area contributed by atoms with Crippen LogP contribution in [-0.2, 0) is 24.0 Å². The molecular formula is C37H57N7O6. The minimum Gasteiger partial charge on any atom is -0.347 e. The molecule has 13 nitrogen and oxygen atoms in total. The van der Waals surface area contributed by atoms with Gasteiger partial charge in [0.15, 0.2) is 0 Å². The summed E-state index contributed by atoms with van der Waals surface area (Å²) in [6.07, 6.45) is 14.3. The summed E-state index contributed by atoms with van der Waals surface area (Å²) in [4.78, 5) is 91.5. The minimum absolute atomic E-state index is 0.00776. The molecule has 0 spiro atoms. The number of likely N-dealkylation sites (tertiary alicyclic amines) is 1. The van der Waals surface area contributed by atoms with Gasteiger partial charge in [0.25, 0.3) is 11.8 Å². The molecule has 5 unspecified atom stereocenters. The van der Waals surface area contributed by atoms with Crippen LogP contribution in [0.3, 0.4) is 0 Å². The number of carbonyl (C=O) groups excluding carboxylic acids is 6. The van der Waals surface area contributed by atoms with Crippen molar-refractivity contribution in [1.29, 1.82) is 0 Å². The lowest BCUT2D eigenvalue weighted by Gasteiger charge is -2.38. The highest BCUT2D eigenvalue weighted by Crippen LogP contribution is 2.33. The van der Waals surface area contributed by atoms with E-state index >= 15 is 0 Å². The van der Waals surface area contributed by atoms with Crippen molar-refractivity contribution in [3.63, 3.8) is 0 Å². The number of nitrogens with one attached hydrogen (secondary N) is 4. The fraction of sp³-hybridized carbons (Fsp3) is 0.730. The first-order valence-corrected chi connectivity index (χ1v) is 18.7. The summed E-state index contributed by atoms with van der Waals surface area (Å²) in [5, 5.41) is 11.5. The van der Waals surface area contributed by atoms with Gasteiger partial charge in [-0.2, -0.15) is 0 Å². The normalized spacial score (nSPS) is 21.4. The highest BCUT2D eigenvalue weighted by Gasteiger charge is 2.47. The fourth-order valence-corrected chi connectivity index (χ4v) is 7.23. The lowest BCUT2D eigenvalue weighted by Crippen LogP contribution is -2.62. The van der Waals surface area contributed by atoms with Crippen molar-refractivity contribution in [3.05, 3.63) is 24.3 Å². The molecule has 1 saturated heterocycles. The summed E-state index contributed by atoms with van der Waals surface area (Å²) in [7, 11) is 0. The van der Waals surface area contributed by atoms with E-state index in [4.69, 9.17) is 0 Å². The van der Waals surface area contributed by atoms with E-state index in [-0.39, 0.29) is 23.6 Å². The van der Waals surface area contributed by atoms with Crippen molar-refractivity contribution in [2.75, 3.05) is 6.54 Å². The van der Waals surface area contributed by atoms with Gasteiger partial charge < -0.3 is 26.2 Å². The van der Waals surface area contributed by atoms with Crippen LogP contribution >= 0.6 is 0 Å². The number of aromatic nitrogens is 2. The van der Waals surface area contributed by atoms with Gasteiger partial charge in [-0.25, -0.2) is 4.98 Å². The Kier molecular flexibility index (Phi) is 13.9. The van der Waals surface area contributed by atoms with Crippen molar-refractivity contribution < 1.29 is 28.8 Å². The first-order valence-electron chi connectivity index (χ1n) is 18.7. The Bertz CT molecular complexity index is 1360. The Labute approximate surface area is 296 Å². The topological polar surface area (TPSA) is 180 Å². The van der Waals surface area contributed by atoms with Crippen molar-refractivity contribution in [1.82, 2.24) is 36.1 Å². The van der Waals surface area contributed by atoms with E-state index in [0.29, 0.717) is 25.8 Å². The molecule has 50 heavy (non-hydrogen) atoms. The minimum atomic E-state index is -1.01. The third-order valence-corrected chi connectivity index (χ3v) is 10.2. The molecule has 1 aromatic rings. The molecule has 276 valence electrons. The number of ketones is 1. The molecular weight excluding hydrogens is 638 g/mol. The second kappa shape index (κ2) is 17.8. The molecule has 1 aromatic heterocycles. The predicted molar refractivity (Wildman–Crippen MR) is 187 cm³/mol. The van der Waals surface area contributed by atoms with Crippen molar-refractivity contribution in [3.8, 4) is 0 Å². The Balaban J connectivity index is 1.57. The zero-order valence-corrected chi connectivity index (χ0v) is 30.5. The number of hydrogen-bond acceptors (Lipinski definition) is 8. The number of carbonyl (C=O) groups is 6. The number of unbranched alkanes of at least 4 members (excludes halogenated alkanes) is 1. The number of amides is 5. The van der Waals surface area contributed by atoms with Crippen molar-refractivity contribution >= 4 is 35.3 Å². The quantitative estimate of drug-likeness (QED) is 0.190. The van der Waals surface area contributed by atoms with Gasteiger partial charge in [0, 0.05) is 25.0 Å². The SMILES string of the molecule is CCCCC1CCN(C(=O)C(NC(=O)C(NC(=O)c2cnccn2)C2CCCCC2)C(C)(C)C)C1C(=O)NC(CCC)C(=O)C(=O)NC1CC1. The van der Waals surface area contributed by atoms with E-state index in [1.54, 1.807) is 4.90 Å². The van der Waals surface area contributed by atoms with Gasteiger partial charge in [0.05, 0.1) is 12.2 Å². The maximum absolute atomic E-state index is 14.6. The molecule has 0 radical (unpaired) electrons. The Hall–Kier alpha value is -3.90. The lowest BCUT2D eigenvalue weighted by atomic mass is 9.82. The summed E-state index contributed by atoms with van der Waals surface area (Å²) in [5.41, 5.74) is -0.651. The molecule has 1 aliphatic heterocycles. The second-order valence-electron chi connectivity index (χ2n) is 15.4. The molecule has 2 heterocycles. The molecule has 13 heteroatoms. The third-order valence-electron chi connectivity index (χ3n) is 10.2. The van der Waals surface area contributed by atoms with E-state index in [0.717, 1.165) is 64.2 Å². The second-order valence-corrected chi connectivity index (χ2v) is 15.4. The van der Waals surface area contributed by atoms with Gasteiger partial charge >= 0.3 is 0 Å². The molecule has 4 rings (SSSR count). The zero-order chi connectivity index (χ0) is 36.4. The van der Waals surface area contributed by atoms with Crippen molar-refractivity contribution in [2.24, 2.45) is 17.3 Å².